The van der Waals surface area contributed by atoms with Gasteiger partial charge in [0, 0.05) is 10.7 Å². The van der Waals surface area contributed by atoms with Gasteiger partial charge in [-0.05, 0) is 30.9 Å². The van der Waals surface area contributed by atoms with Crippen molar-refractivity contribution in [2.24, 2.45) is 0 Å². The molecule has 2 aromatic rings. The van der Waals surface area contributed by atoms with Crippen molar-refractivity contribution in [2.75, 3.05) is 6.61 Å². The second-order valence-corrected chi connectivity index (χ2v) is 5.16. The van der Waals surface area contributed by atoms with Crippen molar-refractivity contribution in [1.29, 1.82) is 0 Å². The highest BCUT2D eigenvalue weighted by molar-refractivity contribution is 7.21. The maximum absolute atomic E-state index is 12.0. The molecule has 0 aliphatic carbocycles. The lowest BCUT2D eigenvalue weighted by atomic mass is 10.1. The van der Waals surface area contributed by atoms with Gasteiger partial charge in [0.1, 0.15) is 0 Å². The lowest BCUT2D eigenvalue weighted by molar-refractivity contribution is 0.0926. The Balaban J connectivity index is 2.35. The molecule has 0 aliphatic rings. The maximum Gasteiger partial charge on any atom is 0.261 e. The van der Waals surface area contributed by atoms with E-state index in [0.717, 1.165) is 20.5 Å². The minimum absolute atomic E-state index is 0.0459. The number of aliphatic hydroxyl groups is 1. The topological polar surface area (TPSA) is 49.3 Å². The Morgan fingerprint density at radius 3 is 2.82 bits per heavy atom. The minimum atomic E-state index is -0.216. The van der Waals surface area contributed by atoms with Crippen LogP contribution in [-0.2, 0) is 0 Å². The molecule has 1 heterocycles. The monoisotopic (exact) mass is 249 g/mol. The van der Waals surface area contributed by atoms with Crippen LogP contribution in [-0.4, -0.2) is 23.7 Å². The number of carbonyl (C=O) groups is 1. The highest BCUT2D eigenvalue weighted by Crippen LogP contribution is 2.30. The van der Waals surface area contributed by atoms with Crippen molar-refractivity contribution in [2.45, 2.75) is 19.9 Å². The maximum atomic E-state index is 12.0. The van der Waals surface area contributed by atoms with E-state index < -0.39 is 0 Å². The highest BCUT2D eigenvalue weighted by Gasteiger charge is 2.16. The molecule has 1 amide bonds. The van der Waals surface area contributed by atoms with Crippen molar-refractivity contribution in [3.05, 3.63) is 34.7 Å². The minimum Gasteiger partial charge on any atom is -0.394 e. The number of amides is 1. The van der Waals surface area contributed by atoms with Gasteiger partial charge in [-0.15, -0.1) is 11.3 Å². The van der Waals surface area contributed by atoms with E-state index in [1.165, 1.54) is 11.3 Å². The average Bonchev–Trinajstić information content (AvgIpc) is 2.67. The molecule has 4 heteroatoms. The van der Waals surface area contributed by atoms with Gasteiger partial charge in [-0.25, -0.2) is 0 Å². The van der Waals surface area contributed by atoms with Crippen molar-refractivity contribution >= 4 is 27.3 Å². The fourth-order valence-corrected chi connectivity index (χ4v) is 2.84. The normalized spacial score (nSPS) is 12.6. The van der Waals surface area contributed by atoms with Crippen LogP contribution >= 0.6 is 11.3 Å². The van der Waals surface area contributed by atoms with Gasteiger partial charge in [-0.2, -0.15) is 0 Å². The number of benzene rings is 1. The summed E-state index contributed by atoms with van der Waals surface area (Å²) >= 11 is 1.49. The lowest BCUT2D eigenvalue weighted by Crippen LogP contribution is -2.34. The van der Waals surface area contributed by atoms with Crippen LogP contribution in [0.3, 0.4) is 0 Å². The van der Waals surface area contributed by atoms with Crippen molar-refractivity contribution in [3.8, 4) is 0 Å². The highest BCUT2D eigenvalue weighted by atomic mass is 32.1. The second-order valence-electron chi connectivity index (χ2n) is 4.11. The van der Waals surface area contributed by atoms with Gasteiger partial charge >= 0.3 is 0 Å². The summed E-state index contributed by atoms with van der Waals surface area (Å²) in [4.78, 5) is 12.7. The quantitative estimate of drug-likeness (QED) is 0.877. The molecule has 90 valence electrons. The van der Waals surface area contributed by atoms with E-state index >= 15 is 0 Å². The van der Waals surface area contributed by atoms with E-state index in [0.29, 0.717) is 0 Å². The lowest BCUT2D eigenvalue weighted by Gasteiger charge is -2.09. The van der Waals surface area contributed by atoms with E-state index in [1.807, 2.05) is 31.2 Å². The van der Waals surface area contributed by atoms with Crippen LogP contribution in [0.1, 0.15) is 22.2 Å². The summed E-state index contributed by atoms with van der Waals surface area (Å²) in [7, 11) is 0. The Morgan fingerprint density at radius 1 is 1.47 bits per heavy atom. The van der Waals surface area contributed by atoms with Crippen LogP contribution in [0.4, 0.5) is 0 Å². The molecule has 1 atom stereocenters. The Kier molecular flexibility index (Phi) is 3.45. The molecule has 0 aliphatic heterocycles. The number of thiophene rings is 1. The third-order valence-corrected chi connectivity index (χ3v) is 3.97. The fourth-order valence-electron chi connectivity index (χ4n) is 1.73. The number of fused-ring (bicyclic) bond motifs is 1. The number of rotatable bonds is 3. The zero-order valence-electron chi connectivity index (χ0n) is 9.86. The summed E-state index contributed by atoms with van der Waals surface area (Å²) in [5.41, 5.74) is 1.01. The zero-order valence-corrected chi connectivity index (χ0v) is 10.7. The molecule has 2 rings (SSSR count). The predicted octanol–water partition coefficient (Wildman–Crippen LogP) is 2.32. The zero-order chi connectivity index (χ0) is 12.4. The molecule has 0 spiro atoms. The van der Waals surface area contributed by atoms with Crippen molar-refractivity contribution in [1.82, 2.24) is 5.32 Å². The average molecular weight is 249 g/mol. The molecular weight excluding hydrogens is 234 g/mol. The SMILES string of the molecule is Cc1c(C(=O)N[C@@H](C)CO)sc2ccccc12. The molecule has 0 unspecified atom stereocenters. The Morgan fingerprint density at radius 2 is 2.18 bits per heavy atom. The van der Waals surface area contributed by atoms with Gasteiger partial charge in [0.15, 0.2) is 0 Å². The molecule has 0 fully saturated rings. The summed E-state index contributed by atoms with van der Waals surface area (Å²) in [6, 6.07) is 7.76. The third kappa shape index (κ3) is 2.33. The van der Waals surface area contributed by atoms with Crippen LogP contribution in [0.5, 0.6) is 0 Å². The molecule has 0 bridgehead atoms. The number of aliphatic hydroxyl groups excluding tert-OH is 1. The molecule has 0 saturated carbocycles. The molecule has 1 aromatic heterocycles. The molecule has 0 saturated heterocycles. The van der Waals surface area contributed by atoms with Crippen LogP contribution in [0.15, 0.2) is 24.3 Å². The summed E-state index contributed by atoms with van der Waals surface area (Å²) in [6.45, 7) is 3.69. The number of carbonyl (C=O) groups excluding carboxylic acids is 1. The van der Waals surface area contributed by atoms with Crippen LogP contribution < -0.4 is 5.32 Å². The number of hydrogen-bond acceptors (Lipinski definition) is 3. The first-order valence-corrected chi connectivity index (χ1v) is 6.35. The Bertz CT molecular complexity index is 547. The molecular formula is C13H15NO2S. The largest absolute Gasteiger partial charge is 0.394 e. The van der Waals surface area contributed by atoms with Crippen LogP contribution in [0, 0.1) is 6.92 Å². The van der Waals surface area contributed by atoms with Crippen LogP contribution in [0.25, 0.3) is 10.1 Å². The van der Waals surface area contributed by atoms with Crippen molar-refractivity contribution in [3.63, 3.8) is 0 Å². The predicted molar refractivity (Wildman–Crippen MR) is 70.6 cm³/mol. The number of nitrogens with one attached hydrogen (secondary N) is 1. The fraction of sp³-hybridized carbons (Fsp3) is 0.308. The van der Waals surface area contributed by atoms with Crippen molar-refractivity contribution < 1.29 is 9.90 Å². The molecule has 2 N–H and O–H groups in total. The summed E-state index contributed by atoms with van der Waals surface area (Å²) in [6.07, 6.45) is 0. The van der Waals surface area contributed by atoms with Crippen LogP contribution in [0.2, 0.25) is 0 Å². The van der Waals surface area contributed by atoms with Gasteiger partial charge in [0.05, 0.1) is 11.5 Å². The smallest absolute Gasteiger partial charge is 0.261 e. The molecule has 0 radical (unpaired) electrons. The van der Waals surface area contributed by atoms with E-state index in [-0.39, 0.29) is 18.6 Å². The molecule has 1 aromatic carbocycles. The first-order valence-electron chi connectivity index (χ1n) is 5.53. The van der Waals surface area contributed by atoms with E-state index in [2.05, 4.69) is 5.32 Å². The van der Waals surface area contributed by atoms with E-state index in [9.17, 15) is 4.79 Å². The summed E-state index contributed by atoms with van der Waals surface area (Å²) < 4.78 is 1.12. The van der Waals surface area contributed by atoms with Gasteiger partial charge in [-0.3, -0.25) is 4.79 Å². The first-order chi connectivity index (χ1) is 8.13. The number of hydrogen-bond donors (Lipinski definition) is 2. The van der Waals surface area contributed by atoms with E-state index in [4.69, 9.17) is 5.11 Å². The van der Waals surface area contributed by atoms with Gasteiger partial charge in [0.25, 0.3) is 5.91 Å². The molecule has 17 heavy (non-hydrogen) atoms. The second kappa shape index (κ2) is 4.85. The standard InChI is InChI=1S/C13H15NO2S/c1-8(7-15)14-13(16)12-9(2)10-5-3-4-6-11(10)17-12/h3-6,8,15H,7H2,1-2H3,(H,14,16)/t8-/m0/s1. The third-order valence-electron chi connectivity index (χ3n) is 2.70. The van der Waals surface area contributed by atoms with Gasteiger partial charge in [-0.1, -0.05) is 18.2 Å². The Labute approximate surface area is 104 Å². The van der Waals surface area contributed by atoms with Gasteiger partial charge in [0.2, 0.25) is 0 Å². The summed E-state index contributed by atoms with van der Waals surface area (Å²) in [5.74, 6) is -0.106. The molecule has 3 nitrogen and oxygen atoms in total. The van der Waals surface area contributed by atoms with Gasteiger partial charge < -0.3 is 10.4 Å². The first kappa shape index (κ1) is 12.1. The Hall–Kier alpha value is -1.39. The summed E-state index contributed by atoms with van der Waals surface area (Å²) in [5, 5.41) is 12.8. The number of aryl methyl sites for hydroxylation is 1. The van der Waals surface area contributed by atoms with E-state index in [1.54, 1.807) is 6.92 Å².